The number of amides is 3. The fourth-order valence-corrected chi connectivity index (χ4v) is 4.76. The average molecular weight is 379 g/mol. The molecule has 0 bridgehead atoms. The van der Waals surface area contributed by atoms with Crippen molar-refractivity contribution in [2.45, 2.75) is 37.3 Å². The molecule has 0 radical (unpaired) electrons. The van der Waals surface area contributed by atoms with Crippen LogP contribution in [0.15, 0.2) is 30.3 Å². The lowest BCUT2D eigenvalue weighted by Crippen LogP contribution is -2.53. The highest BCUT2D eigenvalue weighted by Gasteiger charge is 2.42. The molecule has 2 aromatic carbocycles. The third kappa shape index (κ3) is 2.40. The minimum absolute atomic E-state index is 0.213. The normalized spacial score (nSPS) is 24.0. The Hall–Kier alpha value is -2.77. The largest absolute Gasteiger partial charge is 0.385 e. The quantitative estimate of drug-likeness (QED) is 0.681. The molecule has 144 valence electrons. The first-order valence-electron chi connectivity index (χ1n) is 9.66. The summed E-state index contributed by atoms with van der Waals surface area (Å²) in [5, 5.41) is 18.5. The van der Waals surface area contributed by atoms with Crippen molar-refractivity contribution in [1.82, 2.24) is 10.6 Å². The smallest absolute Gasteiger partial charge is 0.259 e. The van der Waals surface area contributed by atoms with E-state index in [9.17, 15) is 19.5 Å². The first-order chi connectivity index (χ1) is 13.5. The minimum Gasteiger partial charge on any atom is -0.385 e. The van der Waals surface area contributed by atoms with E-state index in [1.54, 1.807) is 6.07 Å². The molecular weight excluding hydrogens is 358 g/mol. The predicted octanol–water partition coefficient (Wildman–Crippen LogP) is 1.18. The predicted molar refractivity (Wildman–Crippen MR) is 103 cm³/mol. The van der Waals surface area contributed by atoms with E-state index in [0.29, 0.717) is 30.5 Å². The van der Waals surface area contributed by atoms with Gasteiger partial charge in [0.2, 0.25) is 11.8 Å². The molecule has 3 N–H and O–H groups in total. The molecule has 28 heavy (non-hydrogen) atoms. The van der Waals surface area contributed by atoms with E-state index in [4.69, 9.17) is 0 Å². The van der Waals surface area contributed by atoms with Gasteiger partial charge in [-0.15, -0.1) is 0 Å². The minimum atomic E-state index is -0.937. The van der Waals surface area contributed by atoms with Crippen LogP contribution in [0.4, 0.5) is 5.69 Å². The Labute approximate surface area is 161 Å². The SMILES string of the molecule is O=C1CCC(N2C(=O)c3ccc(C4(O)CCNCC4)c4cccc2c34)C(=O)N1. The third-order valence-corrected chi connectivity index (χ3v) is 6.18. The number of nitrogens with zero attached hydrogens (tertiary/aromatic N) is 1. The molecule has 1 atom stereocenters. The van der Waals surface area contributed by atoms with E-state index in [-0.39, 0.29) is 18.2 Å². The lowest BCUT2D eigenvalue weighted by atomic mass is 9.82. The molecule has 2 saturated heterocycles. The zero-order valence-corrected chi connectivity index (χ0v) is 15.3. The maximum Gasteiger partial charge on any atom is 0.259 e. The fourth-order valence-electron chi connectivity index (χ4n) is 4.76. The second-order valence-electron chi connectivity index (χ2n) is 7.78. The molecule has 3 amide bonds. The summed E-state index contributed by atoms with van der Waals surface area (Å²) in [6.45, 7) is 1.47. The van der Waals surface area contributed by atoms with Gasteiger partial charge in [-0.3, -0.25) is 24.6 Å². The van der Waals surface area contributed by atoms with E-state index >= 15 is 0 Å². The van der Waals surface area contributed by atoms with E-state index in [0.717, 1.165) is 29.4 Å². The Bertz CT molecular complexity index is 1030. The summed E-state index contributed by atoms with van der Waals surface area (Å²) >= 11 is 0. The van der Waals surface area contributed by atoms with Gasteiger partial charge in [-0.2, -0.15) is 0 Å². The van der Waals surface area contributed by atoms with Gasteiger partial charge in [-0.25, -0.2) is 0 Å². The average Bonchev–Trinajstić information content (AvgIpc) is 2.97. The summed E-state index contributed by atoms with van der Waals surface area (Å²) in [6.07, 6.45) is 1.74. The van der Waals surface area contributed by atoms with Crippen molar-refractivity contribution >= 4 is 34.2 Å². The molecule has 5 rings (SSSR count). The molecule has 0 saturated carbocycles. The van der Waals surface area contributed by atoms with Gasteiger partial charge in [0.1, 0.15) is 6.04 Å². The number of imide groups is 1. The molecule has 3 heterocycles. The topological polar surface area (TPSA) is 98.7 Å². The first-order valence-corrected chi connectivity index (χ1v) is 9.66. The molecule has 0 aliphatic carbocycles. The van der Waals surface area contributed by atoms with Crippen molar-refractivity contribution in [3.05, 3.63) is 41.5 Å². The van der Waals surface area contributed by atoms with Gasteiger partial charge in [-0.1, -0.05) is 18.2 Å². The van der Waals surface area contributed by atoms with Crippen LogP contribution >= 0.6 is 0 Å². The second-order valence-corrected chi connectivity index (χ2v) is 7.78. The van der Waals surface area contributed by atoms with Gasteiger partial charge < -0.3 is 10.4 Å². The maximum atomic E-state index is 13.2. The van der Waals surface area contributed by atoms with Crippen molar-refractivity contribution in [3.63, 3.8) is 0 Å². The van der Waals surface area contributed by atoms with Crippen LogP contribution < -0.4 is 15.5 Å². The monoisotopic (exact) mass is 379 g/mol. The number of hydrogen-bond donors (Lipinski definition) is 3. The summed E-state index contributed by atoms with van der Waals surface area (Å²) in [6, 6.07) is 8.52. The molecule has 1 unspecified atom stereocenters. The molecule has 7 nitrogen and oxygen atoms in total. The van der Waals surface area contributed by atoms with Crippen molar-refractivity contribution in [2.24, 2.45) is 0 Å². The molecule has 2 fully saturated rings. The summed E-state index contributed by atoms with van der Waals surface area (Å²) in [7, 11) is 0. The van der Waals surface area contributed by atoms with Crippen molar-refractivity contribution in [2.75, 3.05) is 18.0 Å². The van der Waals surface area contributed by atoms with Crippen LogP contribution in [-0.4, -0.2) is 42.0 Å². The van der Waals surface area contributed by atoms with Crippen LogP contribution in [0.5, 0.6) is 0 Å². The molecule has 0 spiro atoms. The van der Waals surface area contributed by atoms with Crippen LogP contribution in [0, 0.1) is 0 Å². The van der Waals surface area contributed by atoms with Crippen LogP contribution in [0.25, 0.3) is 10.8 Å². The zero-order chi connectivity index (χ0) is 19.5. The molecule has 3 aliphatic rings. The zero-order valence-electron chi connectivity index (χ0n) is 15.3. The highest BCUT2D eigenvalue weighted by atomic mass is 16.3. The van der Waals surface area contributed by atoms with Crippen molar-refractivity contribution < 1.29 is 19.5 Å². The summed E-state index contributed by atoms with van der Waals surface area (Å²) < 4.78 is 0. The van der Waals surface area contributed by atoms with Crippen molar-refractivity contribution in [1.29, 1.82) is 0 Å². The first kappa shape index (κ1) is 17.3. The number of aliphatic hydroxyl groups is 1. The number of rotatable bonds is 2. The number of nitrogens with one attached hydrogen (secondary N) is 2. The fraction of sp³-hybridized carbons (Fsp3) is 0.381. The Morgan fingerprint density at radius 1 is 1.07 bits per heavy atom. The third-order valence-electron chi connectivity index (χ3n) is 6.18. The molecule has 7 heteroatoms. The van der Waals surface area contributed by atoms with E-state index in [2.05, 4.69) is 10.6 Å². The second kappa shape index (κ2) is 6.12. The van der Waals surface area contributed by atoms with Gasteiger partial charge in [0.05, 0.1) is 11.3 Å². The van der Waals surface area contributed by atoms with Crippen molar-refractivity contribution in [3.8, 4) is 0 Å². The van der Waals surface area contributed by atoms with Crippen LogP contribution in [0.1, 0.15) is 41.6 Å². The highest BCUT2D eigenvalue weighted by molar-refractivity contribution is 6.27. The Morgan fingerprint density at radius 2 is 1.86 bits per heavy atom. The van der Waals surface area contributed by atoms with Gasteiger partial charge >= 0.3 is 0 Å². The number of benzene rings is 2. The lowest BCUT2D eigenvalue weighted by Gasteiger charge is -2.34. The molecular formula is C21H21N3O4. The number of carbonyl (C=O) groups is 3. The summed E-state index contributed by atoms with van der Waals surface area (Å²) in [4.78, 5) is 38.6. The number of piperidine rings is 2. The summed E-state index contributed by atoms with van der Waals surface area (Å²) in [5.74, 6) is -0.977. The summed E-state index contributed by atoms with van der Waals surface area (Å²) in [5.41, 5.74) is 1.10. The number of carbonyl (C=O) groups excluding carboxylic acids is 3. The van der Waals surface area contributed by atoms with Crippen LogP contribution in [0.2, 0.25) is 0 Å². The lowest BCUT2D eigenvalue weighted by molar-refractivity contribution is -0.134. The number of anilines is 1. The number of hydrogen-bond acceptors (Lipinski definition) is 5. The van der Waals surface area contributed by atoms with Gasteiger partial charge in [-0.05, 0) is 55.4 Å². The highest BCUT2D eigenvalue weighted by Crippen LogP contribution is 2.44. The molecule has 3 aliphatic heterocycles. The molecule has 2 aromatic rings. The standard InChI is InChI=1S/C21H21N3O4/c25-17-7-6-16(19(26)23-17)24-15-3-1-2-12-14(21(28)8-10-22-11-9-21)5-4-13(18(12)15)20(24)27/h1-5,16,22,28H,6-11H2,(H,23,25,26). The van der Waals surface area contributed by atoms with E-state index in [1.165, 1.54) is 4.90 Å². The Balaban J connectivity index is 1.65. The van der Waals surface area contributed by atoms with Crippen LogP contribution in [0.3, 0.4) is 0 Å². The van der Waals surface area contributed by atoms with Gasteiger partial charge in [0.15, 0.2) is 0 Å². The van der Waals surface area contributed by atoms with Crippen LogP contribution in [-0.2, 0) is 15.2 Å². The van der Waals surface area contributed by atoms with E-state index in [1.807, 2.05) is 24.3 Å². The Kier molecular flexibility index (Phi) is 3.79. The Morgan fingerprint density at radius 3 is 2.61 bits per heavy atom. The molecule has 0 aromatic heterocycles. The van der Waals surface area contributed by atoms with Gasteiger partial charge in [0, 0.05) is 17.4 Å². The van der Waals surface area contributed by atoms with E-state index < -0.39 is 17.6 Å². The maximum absolute atomic E-state index is 13.2. The van der Waals surface area contributed by atoms with Gasteiger partial charge in [0.25, 0.3) is 5.91 Å².